The molecule has 5 atom stereocenters. The van der Waals surface area contributed by atoms with E-state index in [1.165, 1.54) is 6.92 Å². The molecule has 3 heterocycles. The summed E-state index contributed by atoms with van der Waals surface area (Å²) in [6.07, 6.45) is -7.88. The number of hydrogen-bond donors (Lipinski definition) is 0. The molecule has 37 heavy (non-hydrogen) atoms. The maximum Gasteiger partial charge on any atom is 0.336 e. The van der Waals surface area contributed by atoms with Crippen LogP contribution in [0.3, 0.4) is 0 Å². The number of fused-ring (bicyclic) bond motifs is 1. The molecule has 0 N–H and O–H groups in total. The molecule has 1 fully saturated rings. The van der Waals surface area contributed by atoms with E-state index in [0.29, 0.717) is 9.13 Å². The zero-order chi connectivity index (χ0) is 27.6. The normalized spacial score (nSPS) is 23.3. The van der Waals surface area contributed by atoms with E-state index in [1.54, 1.807) is 0 Å². The third-order valence-corrected chi connectivity index (χ3v) is 5.25. The number of esters is 4. The molecule has 0 unspecified atom stereocenters. The van der Waals surface area contributed by atoms with Gasteiger partial charge < -0.3 is 28.9 Å². The first-order valence-electron chi connectivity index (χ1n) is 10.9. The first kappa shape index (κ1) is 27.3. The Morgan fingerprint density at radius 3 is 2.05 bits per heavy atom. The first-order chi connectivity index (χ1) is 17.4. The summed E-state index contributed by atoms with van der Waals surface area (Å²) in [5.74, 6) is -3.39. The van der Waals surface area contributed by atoms with Gasteiger partial charge in [-0.25, -0.2) is 9.36 Å². The minimum Gasteiger partial charge on any atom is -0.463 e. The number of aromatic nitrogens is 4. The number of rotatable bonds is 7. The number of nitrogens with zero attached hydrogens (tertiary/aromatic N) is 4. The summed E-state index contributed by atoms with van der Waals surface area (Å²) in [5.41, 5.74) is -3.31. The van der Waals surface area contributed by atoms with E-state index in [1.807, 2.05) is 0 Å². The van der Waals surface area contributed by atoms with E-state index in [2.05, 4.69) is 9.79 Å². The van der Waals surface area contributed by atoms with Gasteiger partial charge in [-0.15, -0.1) is 0 Å². The summed E-state index contributed by atoms with van der Waals surface area (Å²) >= 11 is 0. The van der Waals surface area contributed by atoms with Crippen LogP contribution in [0, 0.1) is 5.21 Å². The Labute approximate surface area is 206 Å². The highest BCUT2D eigenvalue weighted by Crippen LogP contribution is 2.34. The van der Waals surface area contributed by atoms with E-state index in [4.69, 9.17) is 23.7 Å². The molecule has 0 aliphatic carbocycles. The van der Waals surface area contributed by atoms with Crippen LogP contribution in [0.2, 0.25) is 0 Å². The first-order valence-corrected chi connectivity index (χ1v) is 10.9. The fourth-order valence-electron chi connectivity index (χ4n) is 3.93. The van der Waals surface area contributed by atoms with E-state index in [0.717, 1.165) is 27.7 Å². The van der Waals surface area contributed by atoms with E-state index in [9.17, 15) is 34.0 Å². The van der Waals surface area contributed by atoms with E-state index in [-0.39, 0.29) is 11.4 Å². The maximum absolute atomic E-state index is 13.4. The number of carbonyl (C=O) groups excluding carboxylic acids is 4. The molecular weight excluding hydrogens is 504 g/mol. The number of hydrogen-bond acceptors (Lipinski definition) is 14. The Bertz CT molecular complexity index is 1340. The van der Waals surface area contributed by atoms with E-state index < -0.39 is 83.5 Å². The molecule has 202 valence electrons. The summed E-state index contributed by atoms with van der Waals surface area (Å²) in [5, 5.41) is 15.6. The van der Waals surface area contributed by atoms with Crippen LogP contribution in [0.4, 0.5) is 0 Å². The van der Waals surface area contributed by atoms with Crippen LogP contribution in [0.5, 0.6) is 0 Å². The van der Waals surface area contributed by atoms with Crippen molar-refractivity contribution in [1.82, 2.24) is 14.3 Å². The summed E-state index contributed by atoms with van der Waals surface area (Å²) in [6, 6.07) is 0. The summed E-state index contributed by atoms with van der Waals surface area (Å²) in [4.78, 5) is 73.3. The summed E-state index contributed by atoms with van der Waals surface area (Å²) in [7, 11) is 0. The van der Waals surface area contributed by atoms with Crippen LogP contribution < -0.4 is 16.2 Å². The highest BCUT2D eigenvalue weighted by atomic mass is 16.8. The molecule has 0 radical (unpaired) electrons. The monoisotopic (exact) mass is 528 g/mol. The predicted molar refractivity (Wildman–Crippen MR) is 114 cm³/mol. The van der Waals surface area contributed by atoms with Crippen molar-refractivity contribution in [3.8, 4) is 0 Å². The van der Waals surface area contributed by atoms with Gasteiger partial charge in [-0.3, -0.25) is 33.2 Å². The lowest BCUT2D eigenvalue weighted by atomic mass is 9.97. The highest BCUT2D eigenvalue weighted by Gasteiger charge is 2.54. The zero-order valence-electron chi connectivity index (χ0n) is 20.4. The molecule has 3 rings (SSSR count). The van der Waals surface area contributed by atoms with Gasteiger partial charge in [0.25, 0.3) is 0 Å². The van der Waals surface area contributed by atoms with Crippen molar-refractivity contribution in [2.24, 2.45) is 0 Å². The van der Waals surface area contributed by atoms with Crippen molar-refractivity contribution in [1.29, 1.82) is 0 Å². The third-order valence-electron chi connectivity index (χ3n) is 5.25. The van der Waals surface area contributed by atoms with Gasteiger partial charge in [0.2, 0.25) is 0 Å². The molecule has 0 spiro atoms. The van der Waals surface area contributed by atoms with Crippen molar-refractivity contribution in [3.05, 3.63) is 26.0 Å². The number of ether oxygens (including phenoxy) is 5. The van der Waals surface area contributed by atoms with Gasteiger partial charge in [-0.05, 0) is 11.8 Å². The van der Waals surface area contributed by atoms with Crippen LogP contribution in [0.15, 0.2) is 14.2 Å². The maximum atomic E-state index is 13.4. The molecule has 17 heteroatoms. The lowest BCUT2D eigenvalue weighted by Gasteiger charge is -2.44. The fourth-order valence-corrected chi connectivity index (χ4v) is 3.93. The second kappa shape index (κ2) is 10.8. The van der Waals surface area contributed by atoms with Crippen molar-refractivity contribution in [2.75, 3.05) is 6.61 Å². The van der Waals surface area contributed by atoms with Gasteiger partial charge in [-0.1, -0.05) is 0 Å². The molecule has 0 amide bonds. The Balaban J connectivity index is 2.32. The van der Waals surface area contributed by atoms with Crippen LogP contribution in [-0.4, -0.2) is 69.2 Å². The van der Waals surface area contributed by atoms with Gasteiger partial charge >= 0.3 is 46.3 Å². The minimum absolute atomic E-state index is 0.190. The lowest BCUT2D eigenvalue weighted by molar-refractivity contribution is -0.782. The molecule has 0 saturated carbocycles. The number of carbonyl (C=O) groups is 4. The van der Waals surface area contributed by atoms with Crippen LogP contribution >= 0.6 is 0 Å². The molecule has 2 aromatic rings. The molecule has 1 aliphatic rings. The quantitative estimate of drug-likeness (QED) is 0.217. The standard InChI is InChI=1S/C20H24N4O13/c1-6-22-18(29)13-17(21-37-24(13)31)23(20(22)30)19-16(35-11(5)28)15(34-10(4)27)14(33-9(3)26)12(36-19)7-32-8(2)25/h12,14-16,19H,6-7H2,1-5H3/t12-,14-,15+,16-,19-/m1/s1. The van der Waals surface area contributed by atoms with Crippen molar-refractivity contribution >= 4 is 35.0 Å². The molecule has 1 aliphatic heterocycles. The van der Waals surface area contributed by atoms with Crippen molar-refractivity contribution in [3.63, 3.8) is 0 Å². The Morgan fingerprint density at radius 1 is 0.946 bits per heavy atom. The molecule has 1 saturated heterocycles. The Kier molecular flexibility index (Phi) is 7.95. The second-order valence-corrected chi connectivity index (χ2v) is 7.89. The fraction of sp³-hybridized carbons (Fsp3) is 0.600. The predicted octanol–water partition coefficient (Wildman–Crippen LogP) is -1.94. The van der Waals surface area contributed by atoms with Crippen LogP contribution in [0.1, 0.15) is 40.8 Å². The van der Waals surface area contributed by atoms with E-state index >= 15 is 0 Å². The minimum atomic E-state index is -1.74. The Morgan fingerprint density at radius 2 is 1.51 bits per heavy atom. The van der Waals surface area contributed by atoms with Crippen LogP contribution in [0.25, 0.3) is 11.2 Å². The molecule has 17 nitrogen and oxygen atoms in total. The average molecular weight is 528 g/mol. The smallest absolute Gasteiger partial charge is 0.336 e. The van der Waals surface area contributed by atoms with Gasteiger partial charge in [0.05, 0.1) is 5.16 Å². The van der Waals surface area contributed by atoms with Crippen molar-refractivity contribution < 1.29 is 52.4 Å². The zero-order valence-corrected chi connectivity index (χ0v) is 20.4. The Hall–Kier alpha value is -4.28. The highest BCUT2D eigenvalue weighted by molar-refractivity contribution is 5.69. The molecular formula is C20H24N4O13. The average Bonchev–Trinajstić information content (AvgIpc) is 3.16. The summed E-state index contributed by atoms with van der Waals surface area (Å²) < 4.78 is 32.8. The van der Waals surface area contributed by atoms with Crippen LogP contribution in [-0.2, 0) is 49.4 Å². The molecule has 0 bridgehead atoms. The largest absolute Gasteiger partial charge is 0.463 e. The molecule has 2 aromatic heterocycles. The lowest BCUT2D eigenvalue weighted by Crippen LogP contribution is -2.62. The van der Waals surface area contributed by atoms with Gasteiger partial charge in [0.15, 0.2) is 24.5 Å². The topological polar surface area (TPSA) is 211 Å². The van der Waals surface area contributed by atoms with Gasteiger partial charge in [0.1, 0.15) is 12.7 Å². The van der Waals surface area contributed by atoms with Crippen molar-refractivity contribution in [2.45, 2.75) is 71.8 Å². The van der Waals surface area contributed by atoms with Gasteiger partial charge in [-0.2, -0.15) is 0 Å². The third kappa shape index (κ3) is 5.45. The van der Waals surface area contributed by atoms with Gasteiger partial charge in [0, 0.05) is 34.2 Å². The SMILES string of the molecule is CCn1c(=O)c2c(no[n+]2[O-])n([C@@H]2O[C@H](COC(C)=O)[C@@H](OC(C)=O)[C@H](OC(C)=O)[C@H]2OC(C)=O)c1=O. The molecule has 0 aromatic carbocycles. The second-order valence-electron chi connectivity index (χ2n) is 7.89. The summed E-state index contributed by atoms with van der Waals surface area (Å²) in [6.45, 7) is 4.90.